The number of aliphatic hydroxyl groups is 1. The number of aliphatic hydroxyl groups excluding tert-OH is 1. The maximum atomic E-state index is 12.7. The van der Waals surface area contributed by atoms with Crippen molar-refractivity contribution in [3.05, 3.63) is 24.3 Å². The highest BCUT2D eigenvalue weighted by Crippen LogP contribution is 2.34. The first-order valence-electron chi connectivity index (χ1n) is 10.8. The molecule has 30 heavy (non-hydrogen) atoms. The van der Waals surface area contributed by atoms with Crippen molar-refractivity contribution in [2.75, 3.05) is 44.6 Å². The molecule has 9 heteroatoms. The molecule has 1 amide bonds. The first-order chi connectivity index (χ1) is 14.4. The fraction of sp³-hybridized carbons (Fsp3) is 0.667. The van der Waals surface area contributed by atoms with Crippen LogP contribution in [0, 0.1) is 0 Å². The molecule has 8 nitrogen and oxygen atoms in total. The lowest BCUT2D eigenvalue weighted by molar-refractivity contribution is -0.137. The van der Waals surface area contributed by atoms with E-state index in [1.807, 2.05) is 4.90 Å². The SMILES string of the molecule is O=C(CN1CC[C@H](O)[C@]2(CCCO2)C1)Nc1ccc(S(=O)(=O)N2CCCCC2)cc1. The summed E-state index contributed by atoms with van der Waals surface area (Å²) in [6, 6.07) is 6.38. The Morgan fingerprint density at radius 1 is 1.13 bits per heavy atom. The number of rotatable bonds is 5. The van der Waals surface area contributed by atoms with Gasteiger partial charge in [0.05, 0.1) is 17.5 Å². The average Bonchev–Trinajstić information content (AvgIpc) is 3.21. The molecule has 1 aromatic rings. The van der Waals surface area contributed by atoms with Crippen LogP contribution in [0.4, 0.5) is 5.69 Å². The Morgan fingerprint density at radius 3 is 2.53 bits per heavy atom. The lowest BCUT2D eigenvalue weighted by Crippen LogP contribution is -2.57. The normalized spacial score (nSPS) is 28.6. The highest BCUT2D eigenvalue weighted by atomic mass is 32.2. The number of carbonyl (C=O) groups is 1. The smallest absolute Gasteiger partial charge is 0.243 e. The Morgan fingerprint density at radius 2 is 1.87 bits per heavy atom. The van der Waals surface area contributed by atoms with Crippen molar-refractivity contribution < 1.29 is 23.1 Å². The van der Waals surface area contributed by atoms with Gasteiger partial charge in [-0.25, -0.2) is 8.42 Å². The summed E-state index contributed by atoms with van der Waals surface area (Å²) >= 11 is 0. The number of carbonyl (C=O) groups excluding carboxylic acids is 1. The molecule has 166 valence electrons. The predicted molar refractivity (Wildman–Crippen MR) is 113 cm³/mol. The van der Waals surface area contributed by atoms with Crippen molar-refractivity contribution >= 4 is 21.6 Å². The van der Waals surface area contributed by atoms with Crippen molar-refractivity contribution in [3.63, 3.8) is 0 Å². The van der Waals surface area contributed by atoms with E-state index in [0.717, 1.165) is 32.1 Å². The largest absolute Gasteiger partial charge is 0.390 e. The number of anilines is 1. The second kappa shape index (κ2) is 8.92. The molecule has 0 radical (unpaired) electrons. The van der Waals surface area contributed by atoms with Crippen LogP contribution in [0.5, 0.6) is 0 Å². The Kier molecular flexibility index (Phi) is 6.45. The van der Waals surface area contributed by atoms with Gasteiger partial charge in [0.2, 0.25) is 15.9 Å². The quantitative estimate of drug-likeness (QED) is 0.723. The maximum absolute atomic E-state index is 12.7. The van der Waals surface area contributed by atoms with E-state index in [1.165, 1.54) is 4.31 Å². The first kappa shape index (κ1) is 21.7. The summed E-state index contributed by atoms with van der Waals surface area (Å²) in [5.41, 5.74) is 0.0321. The van der Waals surface area contributed by atoms with Crippen molar-refractivity contribution in [2.24, 2.45) is 0 Å². The number of sulfonamides is 1. The van der Waals surface area contributed by atoms with Crippen LogP contribution in [0.1, 0.15) is 38.5 Å². The number of hydrogen-bond donors (Lipinski definition) is 2. The van der Waals surface area contributed by atoms with E-state index in [-0.39, 0.29) is 17.3 Å². The zero-order valence-corrected chi connectivity index (χ0v) is 18.1. The average molecular weight is 438 g/mol. The van der Waals surface area contributed by atoms with Crippen molar-refractivity contribution in [1.29, 1.82) is 0 Å². The Balaban J connectivity index is 1.34. The number of nitrogens with zero attached hydrogens (tertiary/aromatic N) is 2. The van der Waals surface area contributed by atoms with E-state index >= 15 is 0 Å². The molecule has 2 N–H and O–H groups in total. The van der Waals surface area contributed by atoms with Crippen LogP contribution in [0.2, 0.25) is 0 Å². The van der Waals surface area contributed by atoms with E-state index in [4.69, 9.17) is 4.74 Å². The standard InChI is InChI=1S/C21H31N3O5S/c25-19-9-13-23(16-21(19)10-4-14-29-21)15-20(26)22-17-5-7-18(8-6-17)30(27,28)24-11-2-1-3-12-24/h5-8,19,25H,1-4,9-16H2,(H,22,26)/t19-,21-/m0/s1. The molecule has 3 aliphatic rings. The third kappa shape index (κ3) is 4.55. The van der Waals surface area contributed by atoms with Gasteiger partial charge in [-0.3, -0.25) is 9.69 Å². The molecule has 1 aromatic carbocycles. The van der Waals surface area contributed by atoms with Crippen LogP contribution in [0.3, 0.4) is 0 Å². The second-order valence-corrected chi connectivity index (χ2v) is 10.5. The molecular weight excluding hydrogens is 406 g/mol. The second-order valence-electron chi connectivity index (χ2n) is 8.57. The Hall–Kier alpha value is -1.52. The molecule has 1 spiro atoms. The number of nitrogens with one attached hydrogen (secondary N) is 1. The zero-order valence-electron chi connectivity index (χ0n) is 17.3. The van der Waals surface area contributed by atoms with E-state index in [2.05, 4.69) is 5.32 Å². The molecule has 3 aliphatic heterocycles. The predicted octanol–water partition coefficient (Wildman–Crippen LogP) is 1.42. The number of amides is 1. The molecule has 0 unspecified atom stereocenters. The van der Waals surface area contributed by atoms with Crippen LogP contribution in [0.25, 0.3) is 0 Å². The molecular formula is C21H31N3O5S. The minimum Gasteiger partial charge on any atom is -0.390 e. The molecule has 2 atom stereocenters. The van der Waals surface area contributed by atoms with Crippen LogP contribution >= 0.6 is 0 Å². The van der Waals surface area contributed by atoms with Gasteiger partial charge in [-0.1, -0.05) is 6.42 Å². The van der Waals surface area contributed by atoms with Gasteiger partial charge in [0.25, 0.3) is 0 Å². The van der Waals surface area contributed by atoms with Crippen LogP contribution in [0.15, 0.2) is 29.2 Å². The summed E-state index contributed by atoms with van der Waals surface area (Å²) in [7, 11) is -3.47. The summed E-state index contributed by atoms with van der Waals surface area (Å²) in [5.74, 6) is -0.161. The zero-order chi connectivity index (χ0) is 21.2. The molecule has 4 rings (SSSR count). The number of hydrogen-bond acceptors (Lipinski definition) is 6. The van der Waals surface area contributed by atoms with Gasteiger partial charge >= 0.3 is 0 Å². The van der Waals surface area contributed by atoms with Crippen LogP contribution in [-0.2, 0) is 19.6 Å². The molecule has 0 bridgehead atoms. The van der Waals surface area contributed by atoms with Gasteiger partial charge in [0.1, 0.15) is 5.60 Å². The summed E-state index contributed by atoms with van der Waals surface area (Å²) < 4.78 is 32.8. The van der Waals surface area contributed by atoms with Crippen molar-refractivity contribution in [1.82, 2.24) is 9.21 Å². The summed E-state index contributed by atoms with van der Waals surface area (Å²) in [6.45, 7) is 3.20. The number of ether oxygens (including phenoxy) is 1. The summed E-state index contributed by atoms with van der Waals surface area (Å²) in [6.07, 6.45) is 4.73. The molecule has 0 aliphatic carbocycles. The molecule has 0 saturated carbocycles. The minimum absolute atomic E-state index is 0.161. The lowest BCUT2D eigenvalue weighted by atomic mass is 9.87. The van der Waals surface area contributed by atoms with E-state index < -0.39 is 21.7 Å². The first-order valence-corrected chi connectivity index (χ1v) is 12.3. The topological polar surface area (TPSA) is 99.2 Å². The number of benzene rings is 1. The van der Waals surface area contributed by atoms with Gasteiger partial charge in [-0.15, -0.1) is 0 Å². The van der Waals surface area contributed by atoms with E-state index in [9.17, 15) is 18.3 Å². The summed E-state index contributed by atoms with van der Waals surface area (Å²) in [4.78, 5) is 14.8. The molecule has 3 fully saturated rings. The number of piperidine rings is 2. The third-order valence-electron chi connectivity index (χ3n) is 6.41. The Labute approximate surface area is 178 Å². The van der Waals surface area contributed by atoms with Gasteiger partial charge in [0, 0.05) is 38.5 Å². The third-order valence-corrected chi connectivity index (χ3v) is 8.32. The monoisotopic (exact) mass is 437 g/mol. The maximum Gasteiger partial charge on any atom is 0.243 e. The minimum atomic E-state index is -3.47. The van der Waals surface area contributed by atoms with E-state index in [1.54, 1.807) is 24.3 Å². The van der Waals surface area contributed by atoms with Gasteiger partial charge in [-0.05, 0) is 56.4 Å². The fourth-order valence-electron chi connectivity index (χ4n) is 4.74. The molecule has 0 aromatic heterocycles. The van der Waals surface area contributed by atoms with Gasteiger partial charge in [-0.2, -0.15) is 4.31 Å². The lowest BCUT2D eigenvalue weighted by Gasteiger charge is -2.42. The highest BCUT2D eigenvalue weighted by Gasteiger charge is 2.46. The van der Waals surface area contributed by atoms with Crippen LogP contribution < -0.4 is 5.32 Å². The van der Waals surface area contributed by atoms with Crippen molar-refractivity contribution in [3.8, 4) is 0 Å². The Bertz CT molecular complexity index is 846. The van der Waals surface area contributed by atoms with Gasteiger partial charge < -0.3 is 15.2 Å². The summed E-state index contributed by atoms with van der Waals surface area (Å²) in [5, 5.41) is 13.2. The van der Waals surface area contributed by atoms with Crippen LogP contribution in [-0.4, -0.2) is 79.7 Å². The molecule has 3 saturated heterocycles. The number of likely N-dealkylation sites (tertiary alicyclic amines) is 1. The highest BCUT2D eigenvalue weighted by molar-refractivity contribution is 7.89. The van der Waals surface area contributed by atoms with Crippen molar-refractivity contribution in [2.45, 2.75) is 55.1 Å². The van der Waals surface area contributed by atoms with Gasteiger partial charge in [0.15, 0.2) is 0 Å². The van der Waals surface area contributed by atoms with E-state index in [0.29, 0.717) is 44.9 Å². The molecule has 3 heterocycles. The fourth-order valence-corrected chi connectivity index (χ4v) is 6.26.